The number of amides is 2. The van der Waals surface area contributed by atoms with E-state index in [-0.39, 0.29) is 17.3 Å². The summed E-state index contributed by atoms with van der Waals surface area (Å²) < 4.78 is 28.8. The molecule has 0 spiro atoms. The zero-order chi connectivity index (χ0) is 27.7. The Kier molecular flexibility index (Phi) is 10.1. The molecule has 3 aromatic rings. The van der Waals surface area contributed by atoms with Crippen LogP contribution in [-0.4, -0.2) is 50.8 Å². The molecular weight excluding hydrogens is 498 g/mol. The molecule has 0 heterocycles. The van der Waals surface area contributed by atoms with Gasteiger partial charge in [-0.15, -0.1) is 0 Å². The van der Waals surface area contributed by atoms with E-state index in [4.69, 9.17) is 0 Å². The summed E-state index contributed by atoms with van der Waals surface area (Å²) in [5.74, 6) is -0.712. The van der Waals surface area contributed by atoms with E-state index in [1.54, 1.807) is 37.3 Å². The first-order chi connectivity index (χ1) is 18.1. The second kappa shape index (κ2) is 13.2. The van der Waals surface area contributed by atoms with Gasteiger partial charge in [-0.3, -0.25) is 13.9 Å². The van der Waals surface area contributed by atoms with Crippen LogP contribution in [0.2, 0.25) is 0 Å². The van der Waals surface area contributed by atoms with E-state index in [9.17, 15) is 18.0 Å². The Labute approximate surface area is 226 Å². The van der Waals surface area contributed by atoms with E-state index in [2.05, 4.69) is 5.32 Å². The van der Waals surface area contributed by atoms with Crippen molar-refractivity contribution in [3.63, 3.8) is 0 Å². The highest BCUT2D eigenvalue weighted by atomic mass is 32.2. The van der Waals surface area contributed by atoms with Crippen molar-refractivity contribution in [2.45, 2.75) is 51.5 Å². The maximum atomic E-state index is 13.9. The van der Waals surface area contributed by atoms with E-state index in [0.717, 1.165) is 27.4 Å². The lowest BCUT2D eigenvalue weighted by Gasteiger charge is -2.32. The van der Waals surface area contributed by atoms with Crippen LogP contribution in [-0.2, 0) is 26.0 Å². The summed E-state index contributed by atoms with van der Waals surface area (Å²) in [6.45, 7) is 7.76. The lowest BCUT2D eigenvalue weighted by molar-refractivity contribution is -0.138. The third kappa shape index (κ3) is 7.44. The Morgan fingerprint density at radius 2 is 1.47 bits per heavy atom. The van der Waals surface area contributed by atoms with Crippen molar-refractivity contribution in [1.82, 2.24) is 10.2 Å². The van der Waals surface area contributed by atoms with Gasteiger partial charge in [0.15, 0.2) is 0 Å². The van der Waals surface area contributed by atoms with Crippen molar-refractivity contribution in [2.24, 2.45) is 0 Å². The van der Waals surface area contributed by atoms with Crippen LogP contribution in [0.15, 0.2) is 83.8 Å². The third-order valence-electron chi connectivity index (χ3n) is 6.31. The van der Waals surface area contributed by atoms with Crippen molar-refractivity contribution >= 4 is 27.5 Å². The monoisotopic (exact) mass is 535 g/mol. The fourth-order valence-corrected chi connectivity index (χ4v) is 5.73. The number of hydrogen-bond donors (Lipinski definition) is 1. The number of nitrogens with zero attached hydrogens (tertiary/aromatic N) is 2. The van der Waals surface area contributed by atoms with Gasteiger partial charge in [-0.1, -0.05) is 61.5 Å². The summed E-state index contributed by atoms with van der Waals surface area (Å²) in [5.41, 5.74) is 3.20. The van der Waals surface area contributed by atoms with Gasteiger partial charge in [0.2, 0.25) is 11.8 Å². The minimum atomic E-state index is -4.06. The molecule has 38 heavy (non-hydrogen) atoms. The van der Waals surface area contributed by atoms with Crippen LogP contribution in [0.5, 0.6) is 0 Å². The van der Waals surface area contributed by atoms with E-state index in [1.807, 2.05) is 57.2 Å². The fraction of sp³-hybridized carbons (Fsp3) is 0.333. The van der Waals surface area contributed by atoms with Gasteiger partial charge in [-0.25, -0.2) is 8.42 Å². The molecule has 2 amide bonds. The zero-order valence-corrected chi connectivity index (χ0v) is 23.4. The molecule has 0 unspecified atom stereocenters. The van der Waals surface area contributed by atoms with Gasteiger partial charge >= 0.3 is 0 Å². The number of anilines is 1. The molecule has 0 fully saturated rings. The van der Waals surface area contributed by atoms with Gasteiger partial charge in [-0.05, 0) is 74.6 Å². The van der Waals surface area contributed by atoms with Crippen molar-refractivity contribution < 1.29 is 18.0 Å². The number of hydrogen-bond acceptors (Lipinski definition) is 4. The number of carbonyl (C=O) groups is 2. The average molecular weight is 536 g/mol. The van der Waals surface area contributed by atoms with Gasteiger partial charge < -0.3 is 10.2 Å². The topological polar surface area (TPSA) is 86.8 Å². The average Bonchev–Trinajstić information content (AvgIpc) is 2.90. The van der Waals surface area contributed by atoms with Crippen LogP contribution >= 0.6 is 0 Å². The van der Waals surface area contributed by atoms with Crippen LogP contribution in [0.25, 0.3) is 0 Å². The Balaban J connectivity index is 1.98. The molecule has 3 rings (SSSR count). The van der Waals surface area contributed by atoms with Crippen LogP contribution in [0.4, 0.5) is 5.69 Å². The smallest absolute Gasteiger partial charge is 0.264 e. The van der Waals surface area contributed by atoms with E-state index < -0.39 is 28.5 Å². The first kappa shape index (κ1) is 28.9. The van der Waals surface area contributed by atoms with Crippen molar-refractivity contribution in [3.05, 3.63) is 95.6 Å². The molecule has 0 saturated heterocycles. The van der Waals surface area contributed by atoms with E-state index in [0.29, 0.717) is 18.7 Å². The summed E-state index contributed by atoms with van der Waals surface area (Å²) in [6, 6.07) is 22.5. The highest BCUT2D eigenvalue weighted by molar-refractivity contribution is 7.92. The lowest BCUT2D eigenvalue weighted by Crippen LogP contribution is -2.52. The molecule has 0 aliphatic rings. The molecule has 0 radical (unpaired) electrons. The second-order valence-electron chi connectivity index (χ2n) is 9.46. The molecule has 8 heteroatoms. The Morgan fingerprint density at radius 1 is 0.895 bits per heavy atom. The summed E-state index contributed by atoms with van der Waals surface area (Å²) in [4.78, 5) is 28.3. The number of aryl methyl sites for hydroxylation is 2. The SMILES string of the molecule is CCCNC(=O)[C@H](C)N(CCc1ccccc1)C(=O)CN(c1cc(C)cc(C)c1)S(=O)(=O)c1ccccc1. The Morgan fingerprint density at radius 3 is 2.05 bits per heavy atom. The molecule has 1 N–H and O–H groups in total. The van der Waals surface area contributed by atoms with Crippen LogP contribution in [0, 0.1) is 13.8 Å². The number of rotatable bonds is 12. The molecule has 0 saturated carbocycles. The zero-order valence-electron chi connectivity index (χ0n) is 22.6. The lowest BCUT2D eigenvalue weighted by atomic mass is 10.1. The largest absolute Gasteiger partial charge is 0.354 e. The predicted octanol–water partition coefficient (Wildman–Crippen LogP) is 4.48. The molecule has 0 bridgehead atoms. The number of sulfonamides is 1. The molecule has 1 atom stereocenters. The third-order valence-corrected chi connectivity index (χ3v) is 8.09. The number of carbonyl (C=O) groups excluding carboxylic acids is 2. The normalized spacial score (nSPS) is 12.0. The van der Waals surface area contributed by atoms with Crippen molar-refractivity contribution in [1.29, 1.82) is 0 Å². The molecule has 7 nitrogen and oxygen atoms in total. The number of nitrogens with one attached hydrogen (secondary N) is 1. The Bertz CT molecular complexity index is 1310. The Hall–Kier alpha value is -3.65. The van der Waals surface area contributed by atoms with Gasteiger partial charge in [0.1, 0.15) is 12.6 Å². The highest BCUT2D eigenvalue weighted by Gasteiger charge is 2.32. The van der Waals surface area contributed by atoms with Gasteiger partial charge in [0.05, 0.1) is 10.6 Å². The molecule has 0 aliphatic heterocycles. The first-order valence-electron chi connectivity index (χ1n) is 12.9. The van der Waals surface area contributed by atoms with Gasteiger partial charge in [0, 0.05) is 13.1 Å². The number of benzene rings is 3. The molecule has 0 aromatic heterocycles. The summed E-state index contributed by atoms with van der Waals surface area (Å²) in [6.07, 6.45) is 1.30. The van der Waals surface area contributed by atoms with Crippen LogP contribution in [0.1, 0.15) is 37.0 Å². The second-order valence-corrected chi connectivity index (χ2v) is 11.3. The summed E-state index contributed by atoms with van der Waals surface area (Å²) >= 11 is 0. The first-order valence-corrected chi connectivity index (χ1v) is 14.3. The molecule has 202 valence electrons. The maximum Gasteiger partial charge on any atom is 0.264 e. The van der Waals surface area contributed by atoms with Crippen molar-refractivity contribution in [3.8, 4) is 0 Å². The molecule has 3 aromatic carbocycles. The van der Waals surface area contributed by atoms with Crippen LogP contribution in [0.3, 0.4) is 0 Å². The van der Waals surface area contributed by atoms with Gasteiger partial charge in [-0.2, -0.15) is 0 Å². The minimum absolute atomic E-state index is 0.0940. The predicted molar refractivity (Wildman–Crippen MR) is 152 cm³/mol. The highest BCUT2D eigenvalue weighted by Crippen LogP contribution is 2.26. The van der Waals surface area contributed by atoms with Gasteiger partial charge in [0.25, 0.3) is 10.0 Å². The standard InChI is InChI=1S/C30H37N3O4S/c1-5-17-31-30(35)25(4)32(18-16-26-12-8-6-9-13-26)29(34)22-33(27-20-23(2)19-24(3)21-27)38(36,37)28-14-10-7-11-15-28/h6-15,19-21,25H,5,16-18,22H2,1-4H3,(H,31,35)/t25-/m0/s1. The molecular formula is C30H37N3O4S. The van der Waals surface area contributed by atoms with E-state index in [1.165, 1.54) is 17.0 Å². The minimum Gasteiger partial charge on any atom is -0.354 e. The van der Waals surface area contributed by atoms with E-state index >= 15 is 0 Å². The maximum absolute atomic E-state index is 13.9. The van der Waals surface area contributed by atoms with Crippen molar-refractivity contribution in [2.75, 3.05) is 23.9 Å². The quantitative estimate of drug-likeness (QED) is 0.370. The summed E-state index contributed by atoms with van der Waals surface area (Å²) in [7, 11) is -4.06. The molecule has 0 aliphatic carbocycles. The fourth-order valence-electron chi connectivity index (χ4n) is 4.31. The summed E-state index contributed by atoms with van der Waals surface area (Å²) in [5, 5.41) is 2.86. The van der Waals surface area contributed by atoms with Crippen LogP contribution < -0.4 is 9.62 Å².